The molecule has 134 valence electrons. The van der Waals surface area contributed by atoms with Crippen LogP contribution < -0.4 is 10.2 Å². The number of fused-ring (bicyclic) bond motifs is 3. The molecule has 0 aliphatic carbocycles. The van der Waals surface area contributed by atoms with Crippen molar-refractivity contribution in [3.05, 3.63) is 29.6 Å². The van der Waals surface area contributed by atoms with Gasteiger partial charge in [0.05, 0.1) is 23.1 Å². The van der Waals surface area contributed by atoms with Crippen molar-refractivity contribution >= 4 is 17.5 Å². The van der Waals surface area contributed by atoms with Gasteiger partial charge >= 0.3 is 6.09 Å². The Morgan fingerprint density at radius 2 is 2.04 bits per heavy atom. The first-order chi connectivity index (χ1) is 11.6. The summed E-state index contributed by atoms with van der Waals surface area (Å²) in [6.07, 6.45) is -0.637. The third-order valence-electron chi connectivity index (χ3n) is 3.96. The largest absolute Gasteiger partial charge is 0.444 e. The normalized spacial score (nSPS) is 16.3. The van der Waals surface area contributed by atoms with Gasteiger partial charge in [-0.2, -0.15) is 5.10 Å². The number of halogens is 1. The second-order valence-corrected chi connectivity index (χ2v) is 7.16. The van der Waals surface area contributed by atoms with Gasteiger partial charge in [0.2, 0.25) is 0 Å². The Morgan fingerprint density at radius 3 is 2.68 bits per heavy atom. The van der Waals surface area contributed by atoms with Crippen LogP contribution in [0.1, 0.15) is 45.4 Å². The molecule has 2 heterocycles. The van der Waals surface area contributed by atoms with E-state index in [0.717, 1.165) is 5.82 Å². The summed E-state index contributed by atoms with van der Waals surface area (Å²) in [6, 6.07) is 2.58. The molecule has 0 saturated heterocycles. The SMILES string of the molecule is Cc1nc2n(n1)-c1cc(F)cc(NC(=O)OC(C)(C)C)c1N(C)C2C. The number of amides is 1. The summed E-state index contributed by atoms with van der Waals surface area (Å²) in [7, 11) is 1.87. The number of ether oxygens (including phenoxy) is 1. The number of nitrogens with zero attached hydrogens (tertiary/aromatic N) is 4. The highest BCUT2D eigenvalue weighted by atomic mass is 19.1. The molecule has 3 rings (SSSR count). The highest BCUT2D eigenvalue weighted by molar-refractivity contribution is 5.93. The molecule has 2 aromatic rings. The minimum Gasteiger partial charge on any atom is -0.444 e. The van der Waals surface area contributed by atoms with Crippen LogP contribution in [0, 0.1) is 12.7 Å². The van der Waals surface area contributed by atoms with E-state index in [-0.39, 0.29) is 6.04 Å². The second-order valence-electron chi connectivity index (χ2n) is 7.16. The molecule has 1 aliphatic rings. The van der Waals surface area contributed by atoms with Gasteiger partial charge in [0.1, 0.15) is 17.2 Å². The highest BCUT2D eigenvalue weighted by Gasteiger charge is 2.32. The lowest BCUT2D eigenvalue weighted by molar-refractivity contribution is 0.0636. The van der Waals surface area contributed by atoms with Crippen LogP contribution in [0.2, 0.25) is 0 Å². The van der Waals surface area contributed by atoms with Gasteiger partial charge in [-0.15, -0.1) is 0 Å². The third-order valence-corrected chi connectivity index (χ3v) is 3.96. The molecule has 25 heavy (non-hydrogen) atoms. The lowest BCUT2D eigenvalue weighted by atomic mass is 10.1. The van der Waals surface area contributed by atoms with Gasteiger partial charge in [0, 0.05) is 13.1 Å². The first kappa shape index (κ1) is 17.2. The van der Waals surface area contributed by atoms with E-state index in [4.69, 9.17) is 4.74 Å². The quantitative estimate of drug-likeness (QED) is 0.854. The van der Waals surface area contributed by atoms with Crippen molar-refractivity contribution in [3.63, 3.8) is 0 Å². The van der Waals surface area contributed by atoms with Gasteiger partial charge in [-0.3, -0.25) is 5.32 Å². The summed E-state index contributed by atoms with van der Waals surface area (Å²) in [4.78, 5) is 18.5. The van der Waals surface area contributed by atoms with Gasteiger partial charge in [-0.25, -0.2) is 18.9 Å². The van der Waals surface area contributed by atoms with Crippen molar-refractivity contribution in [2.75, 3.05) is 17.3 Å². The summed E-state index contributed by atoms with van der Waals surface area (Å²) >= 11 is 0. The average molecular weight is 347 g/mol. The molecule has 1 atom stereocenters. The standard InChI is InChI=1S/C17H22FN5O2/c1-9-15-19-10(2)21-23(15)13-8-11(18)7-12(14(13)22(9)6)20-16(24)25-17(3,4)5/h7-9H,1-6H3,(H,20,24). The van der Waals surface area contributed by atoms with Crippen molar-refractivity contribution in [1.29, 1.82) is 0 Å². The van der Waals surface area contributed by atoms with E-state index in [2.05, 4.69) is 15.4 Å². The van der Waals surface area contributed by atoms with E-state index in [1.165, 1.54) is 12.1 Å². The first-order valence-corrected chi connectivity index (χ1v) is 8.07. The summed E-state index contributed by atoms with van der Waals surface area (Å²) in [5.41, 5.74) is 0.879. The summed E-state index contributed by atoms with van der Waals surface area (Å²) in [5.74, 6) is 0.849. The molecule has 1 amide bonds. The van der Waals surface area contributed by atoms with Crippen molar-refractivity contribution in [3.8, 4) is 5.69 Å². The van der Waals surface area contributed by atoms with Gasteiger partial charge in [0.25, 0.3) is 0 Å². The van der Waals surface area contributed by atoms with Crippen LogP contribution in [0.5, 0.6) is 0 Å². The monoisotopic (exact) mass is 347 g/mol. The number of benzene rings is 1. The maximum absolute atomic E-state index is 14.2. The molecule has 1 aromatic carbocycles. The Bertz CT molecular complexity index is 840. The number of nitrogens with one attached hydrogen (secondary N) is 1. The number of carbonyl (C=O) groups is 1. The number of aromatic nitrogens is 3. The summed E-state index contributed by atoms with van der Waals surface area (Å²) < 4.78 is 21.1. The maximum atomic E-state index is 14.2. The fourth-order valence-corrected chi connectivity index (χ4v) is 2.87. The van der Waals surface area contributed by atoms with Crippen LogP contribution in [-0.4, -0.2) is 33.5 Å². The van der Waals surface area contributed by atoms with Crippen LogP contribution in [0.3, 0.4) is 0 Å². The minimum absolute atomic E-state index is 0.0849. The Balaban J connectivity index is 2.09. The zero-order valence-corrected chi connectivity index (χ0v) is 15.2. The molecular formula is C17H22FN5O2. The van der Waals surface area contributed by atoms with Gasteiger partial charge in [0.15, 0.2) is 5.82 Å². The topological polar surface area (TPSA) is 72.3 Å². The van der Waals surface area contributed by atoms with E-state index in [0.29, 0.717) is 22.9 Å². The third kappa shape index (κ3) is 3.16. The smallest absolute Gasteiger partial charge is 0.412 e. The van der Waals surface area contributed by atoms with E-state index < -0.39 is 17.5 Å². The minimum atomic E-state index is -0.646. The Labute approximate surface area is 145 Å². The number of hydrogen-bond donors (Lipinski definition) is 1. The van der Waals surface area contributed by atoms with Crippen LogP contribution in [-0.2, 0) is 4.74 Å². The lowest BCUT2D eigenvalue weighted by Crippen LogP contribution is -2.32. The van der Waals surface area contributed by atoms with Gasteiger partial charge in [-0.1, -0.05) is 0 Å². The Kier molecular flexibility index (Phi) is 3.93. The van der Waals surface area contributed by atoms with Crippen molar-refractivity contribution < 1.29 is 13.9 Å². The summed E-state index contributed by atoms with van der Waals surface area (Å²) in [6.45, 7) is 9.07. The molecule has 1 aromatic heterocycles. The van der Waals surface area contributed by atoms with E-state index in [9.17, 15) is 9.18 Å². The van der Waals surface area contributed by atoms with Crippen LogP contribution in [0.4, 0.5) is 20.6 Å². The fourth-order valence-electron chi connectivity index (χ4n) is 2.87. The van der Waals surface area contributed by atoms with Crippen molar-refractivity contribution in [2.45, 2.75) is 46.3 Å². The van der Waals surface area contributed by atoms with Gasteiger partial charge < -0.3 is 9.64 Å². The number of hydrogen-bond acceptors (Lipinski definition) is 5. The van der Waals surface area contributed by atoms with Crippen LogP contribution in [0.15, 0.2) is 12.1 Å². The lowest BCUT2D eigenvalue weighted by Gasteiger charge is -2.34. The molecule has 0 fully saturated rings. The molecule has 1 aliphatic heterocycles. The zero-order valence-electron chi connectivity index (χ0n) is 15.2. The van der Waals surface area contributed by atoms with E-state index in [1.807, 2.05) is 18.9 Å². The second kappa shape index (κ2) is 5.72. The number of aryl methyl sites for hydroxylation is 1. The molecule has 0 spiro atoms. The highest BCUT2D eigenvalue weighted by Crippen LogP contribution is 2.42. The van der Waals surface area contributed by atoms with Crippen LogP contribution in [0.25, 0.3) is 5.69 Å². The first-order valence-electron chi connectivity index (χ1n) is 8.07. The van der Waals surface area contributed by atoms with E-state index >= 15 is 0 Å². The molecule has 1 unspecified atom stereocenters. The Morgan fingerprint density at radius 1 is 1.36 bits per heavy atom. The molecule has 8 heteroatoms. The number of anilines is 2. The predicted octanol–water partition coefficient (Wildman–Crippen LogP) is 3.57. The predicted molar refractivity (Wildman–Crippen MR) is 92.7 cm³/mol. The molecule has 7 nitrogen and oxygen atoms in total. The fraction of sp³-hybridized carbons (Fsp3) is 0.471. The molecule has 0 bridgehead atoms. The van der Waals surface area contributed by atoms with E-state index in [1.54, 1.807) is 32.4 Å². The van der Waals surface area contributed by atoms with Crippen molar-refractivity contribution in [2.24, 2.45) is 0 Å². The molecule has 0 radical (unpaired) electrons. The number of rotatable bonds is 1. The van der Waals surface area contributed by atoms with Gasteiger partial charge in [-0.05, 0) is 40.7 Å². The Hall–Kier alpha value is -2.64. The maximum Gasteiger partial charge on any atom is 0.412 e. The molecular weight excluding hydrogens is 325 g/mol. The average Bonchev–Trinajstić information content (AvgIpc) is 2.84. The molecule has 1 N–H and O–H groups in total. The molecule has 0 saturated carbocycles. The summed E-state index contributed by atoms with van der Waals surface area (Å²) in [5, 5.41) is 7.02. The van der Waals surface area contributed by atoms with Crippen LogP contribution >= 0.6 is 0 Å². The number of carbonyl (C=O) groups excluding carboxylic acids is 1. The van der Waals surface area contributed by atoms with Crippen molar-refractivity contribution in [1.82, 2.24) is 14.8 Å². The zero-order chi connectivity index (χ0) is 18.5.